The van der Waals surface area contributed by atoms with Crippen molar-refractivity contribution in [3.63, 3.8) is 0 Å². The minimum atomic E-state index is -0.494. The van der Waals surface area contributed by atoms with E-state index in [1.54, 1.807) is 4.90 Å². The zero-order chi connectivity index (χ0) is 12.3. The smallest absolute Gasteiger partial charge is 0.410 e. The van der Waals surface area contributed by atoms with E-state index in [9.17, 15) is 9.59 Å². The third-order valence-electron chi connectivity index (χ3n) is 2.43. The van der Waals surface area contributed by atoms with Crippen molar-refractivity contribution < 1.29 is 14.3 Å². The number of carbonyl (C=O) groups excluding carboxylic acids is 2. The fraction of sp³-hybridized carbons (Fsp3) is 0.818. The predicted octanol–water partition coefficient (Wildman–Crippen LogP) is 2.05. The zero-order valence-electron chi connectivity index (χ0n) is 9.96. The van der Waals surface area contributed by atoms with Gasteiger partial charge in [0.25, 0.3) is 0 Å². The molecule has 1 heterocycles. The molecule has 1 amide bonds. The standard InChI is InChI=1S/C11H18ClNO3/c1-11(2,3)16-10(15)13-5-4-8(7-13)9(14)6-12/h8H,4-7H2,1-3H3. The van der Waals surface area contributed by atoms with Crippen LogP contribution in [-0.4, -0.2) is 41.3 Å². The fourth-order valence-corrected chi connectivity index (χ4v) is 1.84. The Labute approximate surface area is 101 Å². The second-order valence-electron chi connectivity index (χ2n) is 5.01. The van der Waals surface area contributed by atoms with Crippen LogP contribution < -0.4 is 0 Å². The van der Waals surface area contributed by atoms with E-state index in [4.69, 9.17) is 16.3 Å². The van der Waals surface area contributed by atoms with Crippen molar-refractivity contribution in [1.29, 1.82) is 0 Å². The summed E-state index contributed by atoms with van der Waals surface area (Å²) < 4.78 is 5.23. The van der Waals surface area contributed by atoms with Crippen molar-refractivity contribution in [2.24, 2.45) is 5.92 Å². The molecule has 0 saturated carbocycles. The molecule has 16 heavy (non-hydrogen) atoms. The molecule has 0 aromatic heterocycles. The molecule has 0 N–H and O–H groups in total. The van der Waals surface area contributed by atoms with Gasteiger partial charge in [-0.25, -0.2) is 4.79 Å². The molecule has 1 aliphatic heterocycles. The van der Waals surface area contributed by atoms with E-state index >= 15 is 0 Å². The van der Waals surface area contributed by atoms with Crippen LogP contribution in [0, 0.1) is 5.92 Å². The number of hydrogen-bond acceptors (Lipinski definition) is 3. The Morgan fingerprint density at radius 1 is 1.44 bits per heavy atom. The van der Waals surface area contributed by atoms with E-state index in [1.165, 1.54) is 0 Å². The molecule has 0 aliphatic carbocycles. The van der Waals surface area contributed by atoms with Gasteiger partial charge >= 0.3 is 6.09 Å². The average Bonchev–Trinajstić information content (AvgIpc) is 2.62. The first-order valence-electron chi connectivity index (χ1n) is 5.40. The van der Waals surface area contributed by atoms with Crippen molar-refractivity contribution in [2.45, 2.75) is 32.8 Å². The minimum absolute atomic E-state index is 0.00715. The summed E-state index contributed by atoms with van der Waals surface area (Å²) in [7, 11) is 0. The molecule has 1 rings (SSSR count). The van der Waals surface area contributed by atoms with E-state index < -0.39 is 5.60 Å². The minimum Gasteiger partial charge on any atom is -0.444 e. The number of Topliss-reactive ketones (excluding diaryl/α,β-unsaturated/α-hetero) is 1. The second-order valence-corrected chi connectivity index (χ2v) is 5.28. The molecule has 1 atom stereocenters. The predicted molar refractivity (Wildman–Crippen MR) is 61.6 cm³/mol. The molecule has 5 heteroatoms. The largest absolute Gasteiger partial charge is 0.444 e. The second kappa shape index (κ2) is 5.04. The number of ether oxygens (including phenoxy) is 1. The lowest BCUT2D eigenvalue weighted by atomic mass is 10.1. The first kappa shape index (κ1) is 13.3. The molecule has 0 aromatic rings. The number of halogens is 1. The summed E-state index contributed by atoms with van der Waals surface area (Å²) in [5.74, 6) is -0.0925. The quantitative estimate of drug-likeness (QED) is 0.702. The van der Waals surface area contributed by atoms with Crippen LogP contribution in [0.4, 0.5) is 4.79 Å². The molecular weight excluding hydrogens is 230 g/mol. The number of carbonyl (C=O) groups is 2. The lowest BCUT2D eigenvalue weighted by molar-refractivity contribution is -0.120. The van der Waals surface area contributed by atoms with Gasteiger partial charge in [-0.2, -0.15) is 0 Å². The monoisotopic (exact) mass is 247 g/mol. The Kier molecular flexibility index (Phi) is 4.19. The van der Waals surface area contributed by atoms with Crippen molar-refractivity contribution >= 4 is 23.5 Å². The maximum Gasteiger partial charge on any atom is 0.410 e. The number of hydrogen-bond donors (Lipinski definition) is 0. The first-order chi connectivity index (χ1) is 7.33. The average molecular weight is 248 g/mol. The molecule has 1 saturated heterocycles. The lowest BCUT2D eigenvalue weighted by Crippen LogP contribution is -2.36. The Morgan fingerprint density at radius 2 is 2.06 bits per heavy atom. The van der Waals surface area contributed by atoms with Gasteiger partial charge in [-0.1, -0.05) is 0 Å². The van der Waals surface area contributed by atoms with Gasteiger partial charge in [-0.05, 0) is 27.2 Å². The summed E-state index contributed by atoms with van der Waals surface area (Å²) in [6.45, 7) is 6.47. The summed E-state index contributed by atoms with van der Waals surface area (Å²) in [5.41, 5.74) is -0.494. The Hall–Kier alpha value is -0.770. The Morgan fingerprint density at radius 3 is 2.56 bits per heavy atom. The summed E-state index contributed by atoms with van der Waals surface area (Å²) in [5, 5.41) is 0. The summed E-state index contributed by atoms with van der Waals surface area (Å²) >= 11 is 5.48. The van der Waals surface area contributed by atoms with E-state index in [1.807, 2.05) is 20.8 Å². The molecule has 0 aromatic carbocycles. The number of amides is 1. The van der Waals surface area contributed by atoms with Gasteiger partial charge in [0.15, 0.2) is 5.78 Å². The number of rotatable bonds is 2. The van der Waals surface area contributed by atoms with Crippen molar-refractivity contribution in [2.75, 3.05) is 19.0 Å². The lowest BCUT2D eigenvalue weighted by Gasteiger charge is -2.24. The first-order valence-corrected chi connectivity index (χ1v) is 5.93. The van der Waals surface area contributed by atoms with Crippen LogP contribution in [0.15, 0.2) is 0 Å². The Balaban J connectivity index is 2.47. The molecule has 0 bridgehead atoms. The maximum atomic E-state index is 11.7. The van der Waals surface area contributed by atoms with Gasteiger partial charge in [0.2, 0.25) is 0 Å². The van der Waals surface area contributed by atoms with Crippen LogP contribution in [0.25, 0.3) is 0 Å². The van der Waals surface area contributed by atoms with E-state index in [0.29, 0.717) is 19.5 Å². The molecule has 1 aliphatic rings. The van der Waals surface area contributed by atoms with E-state index in [2.05, 4.69) is 0 Å². The highest BCUT2D eigenvalue weighted by atomic mass is 35.5. The molecule has 4 nitrogen and oxygen atoms in total. The zero-order valence-corrected chi connectivity index (χ0v) is 10.7. The topological polar surface area (TPSA) is 46.6 Å². The summed E-state index contributed by atoms with van der Waals surface area (Å²) in [6.07, 6.45) is 0.336. The molecule has 1 unspecified atom stereocenters. The van der Waals surface area contributed by atoms with E-state index in [-0.39, 0.29) is 23.7 Å². The van der Waals surface area contributed by atoms with Gasteiger partial charge in [0, 0.05) is 19.0 Å². The number of alkyl halides is 1. The third kappa shape index (κ3) is 3.67. The SMILES string of the molecule is CC(C)(C)OC(=O)N1CCC(C(=O)CCl)C1. The van der Waals surface area contributed by atoms with Crippen LogP contribution in [0.2, 0.25) is 0 Å². The number of ketones is 1. The number of likely N-dealkylation sites (tertiary alicyclic amines) is 1. The van der Waals surface area contributed by atoms with Crippen LogP contribution in [0.3, 0.4) is 0 Å². The van der Waals surface area contributed by atoms with Crippen molar-refractivity contribution in [1.82, 2.24) is 4.90 Å². The normalized spacial score (nSPS) is 21.0. The van der Waals surface area contributed by atoms with Crippen LogP contribution in [-0.2, 0) is 9.53 Å². The van der Waals surface area contributed by atoms with Gasteiger partial charge in [-0.15, -0.1) is 11.6 Å². The van der Waals surface area contributed by atoms with Gasteiger partial charge in [0.05, 0.1) is 5.88 Å². The van der Waals surface area contributed by atoms with Crippen molar-refractivity contribution in [3.05, 3.63) is 0 Å². The molecule has 1 fully saturated rings. The van der Waals surface area contributed by atoms with Gasteiger partial charge in [-0.3, -0.25) is 4.79 Å². The third-order valence-corrected chi connectivity index (χ3v) is 2.69. The summed E-state index contributed by atoms with van der Waals surface area (Å²) in [6, 6.07) is 0. The van der Waals surface area contributed by atoms with Gasteiger partial charge < -0.3 is 9.64 Å². The maximum absolute atomic E-state index is 11.7. The van der Waals surface area contributed by atoms with Crippen LogP contribution >= 0.6 is 11.6 Å². The highest BCUT2D eigenvalue weighted by molar-refractivity contribution is 6.27. The molecule has 92 valence electrons. The van der Waals surface area contributed by atoms with Crippen molar-refractivity contribution in [3.8, 4) is 0 Å². The number of nitrogens with zero attached hydrogens (tertiary/aromatic N) is 1. The van der Waals surface area contributed by atoms with Crippen LogP contribution in [0.1, 0.15) is 27.2 Å². The molecular formula is C11H18ClNO3. The van der Waals surface area contributed by atoms with E-state index in [0.717, 1.165) is 0 Å². The van der Waals surface area contributed by atoms with Crippen LogP contribution in [0.5, 0.6) is 0 Å². The summed E-state index contributed by atoms with van der Waals surface area (Å²) in [4.78, 5) is 24.6. The highest BCUT2D eigenvalue weighted by Gasteiger charge is 2.32. The molecule has 0 radical (unpaired) electrons. The Bertz CT molecular complexity index is 285. The highest BCUT2D eigenvalue weighted by Crippen LogP contribution is 2.20. The fourth-order valence-electron chi connectivity index (χ4n) is 1.62. The molecule has 0 spiro atoms. The van der Waals surface area contributed by atoms with Gasteiger partial charge in [0.1, 0.15) is 5.60 Å².